The molecule has 0 atom stereocenters. The van der Waals surface area contributed by atoms with Crippen molar-refractivity contribution in [2.45, 2.75) is 58.5 Å². The van der Waals surface area contributed by atoms with E-state index in [2.05, 4.69) is 0 Å². The molecule has 1 rings (SSSR count). The molecule has 0 amide bonds. The third-order valence-electron chi connectivity index (χ3n) is 3.98. The highest BCUT2D eigenvalue weighted by atomic mass is 16.5. The maximum atomic E-state index is 11.8. The number of ether oxygens (including phenoxy) is 3. The summed E-state index contributed by atoms with van der Waals surface area (Å²) >= 11 is 0. The van der Waals surface area contributed by atoms with E-state index in [0.717, 1.165) is 25.7 Å². The molecule has 0 radical (unpaired) electrons. The smallest absolute Gasteiger partial charge is 0.306 e. The van der Waals surface area contributed by atoms with Crippen LogP contribution in [0.15, 0.2) is 0 Å². The van der Waals surface area contributed by atoms with Gasteiger partial charge in [-0.25, -0.2) is 0 Å². The fourth-order valence-corrected chi connectivity index (χ4v) is 2.89. The van der Waals surface area contributed by atoms with Crippen molar-refractivity contribution in [3.8, 4) is 0 Å². The molecule has 0 aromatic carbocycles. The van der Waals surface area contributed by atoms with Gasteiger partial charge >= 0.3 is 11.9 Å². The average Bonchev–Trinajstić information content (AvgIpc) is 2.40. The minimum absolute atomic E-state index is 0.229. The zero-order chi connectivity index (χ0) is 15.0. The van der Waals surface area contributed by atoms with E-state index in [1.165, 1.54) is 0 Å². The Morgan fingerprint density at radius 2 is 1.45 bits per heavy atom. The second kappa shape index (κ2) is 8.25. The molecule has 1 aliphatic rings. The third-order valence-corrected chi connectivity index (χ3v) is 3.98. The van der Waals surface area contributed by atoms with Crippen molar-refractivity contribution in [1.82, 2.24) is 0 Å². The normalized spacial score (nSPS) is 18.6. The second-order valence-electron chi connectivity index (χ2n) is 5.40. The highest BCUT2D eigenvalue weighted by Gasteiger charge is 2.39. The van der Waals surface area contributed by atoms with E-state index < -0.39 is 0 Å². The fourth-order valence-electron chi connectivity index (χ4n) is 2.89. The summed E-state index contributed by atoms with van der Waals surface area (Å²) in [6.45, 7) is 4.32. The van der Waals surface area contributed by atoms with E-state index in [1.807, 2.05) is 0 Å². The number of carbonyl (C=O) groups is 2. The topological polar surface area (TPSA) is 61.8 Å². The summed E-state index contributed by atoms with van der Waals surface area (Å²) in [6.07, 6.45) is 4.14. The van der Waals surface area contributed by atoms with Crippen LogP contribution in [0.5, 0.6) is 0 Å². The van der Waals surface area contributed by atoms with E-state index in [4.69, 9.17) is 14.2 Å². The number of rotatable bonds is 7. The molecule has 5 heteroatoms. The van der Waals surface area contributed by atoms with Gasteiger partial charge in [0.25, 0.3) is 0 Å². The maximum absolute atomic E-state index is 11.8. The van der Waals surface area contributed by atoms with E-state index in [-0.39, 0.29) is 36.3 Å². The first-order chi connectivity index (χ1) is 9.55. The van der Waals surface area contributed by atoms with Crippen LogP contribution < -0.4 is 0 Å². The Labute approximate surface area is 121 Å². The van der Waals surface area contributed by atoms with Crippen molar-refractivity contribution in [1.29, 1.82) is 0 Å². The van der Waals surface area contributed by atoms with Gasteiger partial charge in [0.05, 0.1) is 32.2 Å². The predicted octanol–water partition coefficient (Wildman–Crippen LogP) is 2.47. The quantitative estimate of drug-likeness (QED) is 0.673. The van der Waals surface area contributed by atoms with Crippen molar-refractivity contribution in [3.63, 3.8) is 0 Å². The molecule has 0 bridgehead atoms. The van der Waals surface area contributed by atoms with Gasteiger partial charge in [-0.05, 0) is 44.9 Å². The van der Waals surface area contributed by atoms with E-state index >= 15 is 0 Å². The van der Waals surface area contributed by atoms with Crippen LogP contribution >= 0.6 is 0 Å². The Balaban J connectivity index is 2.68. The predicted molar refractivity (Wildman–Crippen MR) is 74.2 cm³/mol. The van der Waals surface area contributed by atoms with Crippen molar-refractivity contribution >= 4 is 11.9 Å². The molecule has 0 heterocycles. The average molecular weight is 286 g/mol. The van der Waals surface area contributed by atoms with Crippen LogP contribution in [0.25, 0.3) is 0 Å². The van der Waals surface area contributed by atoms with Crippen LogP contribution in [0.2, 0.25) is 0 Å². The molecule has 0 aromatic rings. The SMILES string of the molecule is CCOC(=O)CC1(CC(=O)OCC)CCC(OC)CC1. The van der Waals surface area contributed by atoms with Crippen molar-refractivity contribution in [2.24, 2.45) is 5.41 Å². The summed E-state index contributed by atoms with van der Waals surface area (Å²) in [5, 5.41) is 0. The Bertz CT molecular complexity index is 296. The molecule has 0 spiro atoms. The van der Waals surface area contributed by atoms with Gasteiger partial charge in [0.2, 0.25) is 0 Å². The molecule has 0 saturated heterocycles. The van der Waals surface area contributed by atoms with Crippen molar-refractivity contribution < 1.29 is 23.8 Å². The van der Waals surface area contributed by atoms with E-state index in [9.17, 15) is 9.59 Å². The molecule has 0 aliphatic heterocycles. The maximum Gasteiger partial charge on any atom is 0.306 e. The highest BCUT2D eigenvalue weighted by Crippen LogP contribution is 2.43. The number of hydrogen-bond donors (Lipinski definition) is 0. The molecule has 1 fully saturated rings. The Morgan fingerprint density at radius 3 is 1.80 bits per heavy atom. The van der Waals surface area contributed by atoms with Crippen LogP contribution in [-0.2, 0) is 23.8 Å². The standard InChI is InChI=1S/C15H26O5/c1-4-19-13(16)10-15(11-14(17)20-5-2)8-6-12(18-3)7-9-15/h12H,4-11H2,1-3H3. The van der Waals surface area contributed by atoms with Crippen LogP contribution in [0.1, 0.15) is 52.4 Å². The summed E-state index contributed by atoms with van der Waals surface area (Å²) in [5.41, 5.74) is -0.326. The van der Waals surface area contributed by atoms with Crippen LogP contribution in [-0.4, -0.2) is 38.4 Å². The first-order valence-electron chi connectivity index (χ1n) is 7.39. The van der Waals surface area contributed by atoms with Crippen LogP contribution in [0, 0.1) is 5.41 Å². The lowest BCUT2D eigenvalue weighted by molar-refractivity contribution is -0.152. The largest absolute Gasteiger partial charge is 0.466 e. The molecule has 0 N–H and O–H groups in total. The van der Waals surface area contributed by atoms with E-state index in [1.54, 1.807) is 21.0 Å². The second-order valence-corrected chi connectivity index (χ2v) is 5.40. The lowest BCUT2D eigenvalue weighted by atomic mass is 9.69. The Kier molecular flexibility index (Phi) is 6.99. The van der Waals surface area contributed by atoms with Gasteiger partial charge < -0.3 is 14.2 Å². The molecule has 20 heavy (non-hydrogen) atoms. The summed E-state index contributed by atoms with van der Waals surface area (Å²) in [5.74, 6) is -0.458. The van der Waals surface area contributed by atoms with Gasteiger partial charge in [0, 0.05) is 7.11 Å². The van der Waals surface area contributed by atoms with Gasteiger partial charge in [0.15, 0.2) is 0 Å². The minimum atomic E-state index is -0.326. The first-order valence-corrected chi connectivity index (χ1v) is 7.39. The summed E-state index contributed by atoms with van der Waals surface area (Å²) in [7, 11) is 1.70. The first kappa shape index (κ1) is 17.0. The Morgan fingerprint density at radius 1 is 1.00 bits per heavy atom. The van der Waals surface area contributed by atoms with Crippen molar-refractivity contribution in [3.05, 3.63) is 0 Å². The lowest BCUT2D eigenvalue weighted by Crippen LogP contribution is -2.35. The van der Waals surface area contributed by atoms with Crippen LogP contribution in [0.4, 0.5) is 0 Å². The molecule has 116 valence electrons. The molecule has 1 aliphatic carbocycles. The third kappa shape index (κ3) is 5.12. The molecule has 0 unspecified atom stereocenters. The van der Waals surface area contributed by atoms with Gasteiger partial charge in [0.1, 0.15) is 0 Å². The zero-order valence-corrected chi connectivity index (χ0v) is 12.8. The monoisotopic (exact) mass is 286 g/mol. The van der Waals surface area contributed by atoms with Gasteiger partial charge in [-0.15, -0.1) is 0 Å². The number of methoxy groups -OCH3 is 1. The molecular weight excluding hydrogens is 260 g/mol. The zero-order valence-electron chi connectivity index (χ0n) is 12.8. The molecule has 1 saturated carbocycles. The lowest BCUT2D eigenvalue weighted by Gasteiger charge is -2.38. The summed E-state index contributed by atoms with van der Waals surface area (Å²) in [4.78, 5) is 23.6. The van der Waals surface area contributed by atoms with Crippen LogP contribution in [0.3, 0.4) is 0 Å². The molecular formula is C15H26O5. The number of carbonyl (C=O) groups excluding carboxylic acids is 2. The van der Waals surface area contributed by atoms with Gasteiger partial charge in [-0.3, -0.25) is 9.59 Å². The number of esters is 2. The molecule has 0 aromatic heterocycles. The highest BCUT2D eigenvalue weighted by molar-refractivity contribution is 5.74. The van der Waals surface area contributed by atoms with Gasteiger partial charge in [-0.2, -0.15) is 0 Å². The fraction of sp³-hybridized carbons (Fsp3) is 0.867. The summed E-state index contributed by atoms with van der Waals surface area (Å²) < 4.78 is 15.4. The van der Waals surface area contributed by atoms with Crippen molar-refractivity contribution in [2.75, 3.05) is 20.3 Å². The van der Waals surface area contributed by atoms with E-state index in [0.29, 0.717) is 13.2 Å². The Hall–Kier alpha value is -1.10. The number of hydrogen-bond acceptors (Lipinski definition) is 5. The minimum Gasteiger partial charge on any atom is -0.466 e. The molecule has 5 nitrogen and oxygen atoms in total. The van der Waals surface area contributed by atoms with Gasteiger partial charge in [-0.1, -0.05) is 0 Å². The summed E-state index contributed by atoms with van der Waals surface area (Å²) in [6, 6.07) is 0.